The van der Waals surface area contributed by atoms with Gasteiger partial charge in [-0.15, -0.1) is 11.8 Å². The molecule has 3 heteroatoms. The summed E-state index contributed by atoms with van der Waals surface area (Å²) in [6.45, 7) is 0. The predicted octanol–water partition coefficient (Wildman–Crippen LogP) is 2.01. The van der Waals surface area contributed by atoms with Crippen LogP contribution in [-0.2, 0) is 0 Å². The van der Waals surface area contributed by atoms with Gasteiger partial charge >= 0.3 is 0 Å². The van der Waals surface area contributed by atoms with Crippen LogP contribution in [-0.4, -0.2) is 10.9 Å². The Morgan fingerprint density at radius 3 is 3.00 bits per heavy atom. The maximum absolute atomic E-state index is 9.02. The van der Waals surface area contributed by atoms with Crippen LogP contribution in [0, 0.1) is 11.3 Å². The minimum atomic E-state index is 0.243. The summed E-state index contributed by atoms with van der Waals surface area (Å²) >= 11 is 1.41. The number of nitriles is 1. The van der Waals surface area contributed by atoms with Crippen molar-refractivity contribution in [3.05, 3.63) is 24.3 Å². The third-order valence-electron chi connectivity index (χ3n) is 1.12. The van der Waals surface area contributed by atoms with Gasteiger partial charge in [0, 0.05) is 4.90 Å². The summed E-state index contributed by atoms with van der Waals surface area (Å²) < 4.78 is 0. The van der Waals surface area contributed by atoms with Crippen LogP contribution in [0.1, 0.15) is 0 Å². The number of hydrogen-bond acceptors (Lipinski definition) is 3. The number of aromatic hydroxyl groups is 1. The number of benzene rings is 1. The summed E-state index contributed by atoms with van der Waals surface area (Å²) in [5.74, 6) is 0.664. The van der Waals surface area contributed by atoms with Gasteiger partial charge in [-0.05, 0) is 18.2 Å². The van der Waals surface area contributed by atoms with Gasteiger partial charge in [-0.2, -0.15) is 5.26 Å². The summed E-state index contributed by atoms with van der Waals surface area (Å²) in [5.41, 5.74) is 0. The van der Waals surface area contributed by atoms with E-state index in [-0.39, 0.29) is 5.75 Å². The quantitative estimate of drug-likeness (QED) is 0.682. The lowest BCUT2D eigenvalue weighted by Crippen LogP contribution is -1.72. The van der Waals surface area contributed by atoms with Gasteiger partial charge < -0.3 is 5.11 Å². The van der Waals surface area contributed by atoms with Gasteiger partial charge in [0.2, 0.25) is 0 Å². The molecule has 1 aromatic carbocycles. The average Bonchev–Trinajstić information content (AvgIpc) is 2.01. The molecular formula is C8H7NOS. The molecule has 0 aliphatic heterocycles. The first-order valence-electron chi connectivity index (χ1n) is 3.11. The molecule has 0 aliphatic rings. The van der Waals surface area contributed by atoms with E-state index in [9.17, 15) is 0 Å². The van der Waals surface area contributed by atoms with Gasteiger partial charge in [0.1, 0.15) is 5.75 Å². The number of rotatable bonds is 2. The molecule has 0 aliphatic carbocycles. The molecular weight excluding hydrogens is 158 g/mol. The third kappa shape index (κ3) is 2.52. The van der Waals surface area contributed by atoms with Crippen LogP contribution in [0.15, 0.2) is 29.2 Å². The molecule has 0 amide bonds. The van der Waals surface area contributed by atoms with Crippen molar-refractivity contribution in [2.75, 3.05) is 5.75 Å². The first-order valence-corrected chi connectivity index (χ1v) is 4.10. The molecule has 0 unspecified atom stereocenters. The van der Waals surface area contributed by atoms with Crippen LogP contribution in [0.2, 0.25) is 0 Å². The Hall–Kier alpha value is -1.14. The van der Waals surface area contributed by atoms with Crippen molar-refractivity contribution in [3.63, 3.8) is 0 Å². The molecule has 1 aromatic rings. The van der Waals surface area contributed by atoms with Crippen LogP contribution in [0.4, 0.5) is 0 Å². The first kappa shape index (κ1) is 7.96. The fraction of sp³-hybridized carbons (Fsp3) is 0.125. The van der Waals surface area contributed by atoms with Crippen LogP contribution >= 0.6 is 11.8 Å². The Balaban J connectivity index is 2.65. The number of phenols is 1. The second-order valence-electron chi connectivity index (χ2n) is 1.94. The average molecular weight is 165 g/mol. The smallest absolute Gasteiger partial charge is 0.116 e. The van der Waals surface area contributed by atoms with Crippen LogP contribution in [0.25, 0.3) is 0 Å². The van der Waals surface area contributed by atoms with Gasteiger partial charge in [-0.25, -0.2) is 0 Å². The van der Waals surface area contributed by atoms with E-state index in [2.05, 4.69) is 0 Å². The Morgan fingerprint density at radius 1 is 1.55 bits per heavy atom. The SMILES string of the molecule is N#CCSc1cccc(O)c1. The van der Waals surface area contributed by atoms with E-state index in [1.807, 2.05) is 12.1 Å². The van der Waals surface area contributed by atoms with Gasteiger partial charge in [0.05, 0.1) is 11.8 Å². The van der Waals surface area contributed by atoms with Crippen LogP contribution in [0.5, 0.6) is 5.75 Å². The van der Waals surface area contributed by atoms with E-state index in [1.165, 1.54) is 11.8 Å². The molecule has 1 rings (SSSR count). The Bertz CT molecular complexity index is 280. The van der Waals surface area contributed by atoms with Crippen molar-refractivity contribution in [2.24, 2.45) is 0 Å². The number of hydrogen-bond donors (Lipinski definition) is 1. The Kier molecular flexibility index (Phi) is 2.82. The lowest BCUT2D eigenvalue weighted by atomic mass is 10.3. The summed E-state index contributed by atoms with van der Waals surface area (Å²) in [6.07, 6.45) is 0. The molecule has 0 aromatic heterocycles. The van der Waals surface area contributed by atoms with Gasteiger partial charge in [-0.1, -0.05) is 6.07 Å². The fourth-order valence-corrected chi connectivity index (χ4v) is 1.30. The highest BCUT2D eigenvalue weighted by molar-refractivity contribution is 7.99. The van der Waals surface area contributed by atoms with E-state index in [0.29, 0.717) is 5.75 Å². The summed E-state index contributed by atoms with van der Waals surface area (Å²) in [5, 5.41) is 17.3. The molecule has 0 spiro atoms. The Labute approximate surface area is 69.5 Å². The largest absolute Gasteiger partial charge is 0.508 e. The first-order chi connectivity index (χ1) is 5.33. The standard InChI is InChI=1S/C8H7NOS/c9-4-5-11-8-3-1-2-7(10)6-8/h1-3,6,10H,5H2. The van der Waals surface area contributed by atoms with Gasteiger partial charge in [0.15, 0.2) is 0 Å². The highest BCUT2D eigenvalue weighted by Gasteiger charge is 1.92. The fourth-order valence-electron chi connectivity index (χ4n) is 0.689. The molecule has 0 heterocycles. The highest BCUT2D eigenvalue weighted by Crippen LogP contribution is 2.21. The molecule has 1 N–H and O–H groups in total. The second-order valence-corrected chi connectivity index (χ2v) is 2.99. The highest BCUT2D eigenvalue weighted by atomic mass is 32.2. The van der Waals surface area contributed by atoms with Crippen LogP contribution < -0.4 is 0 Å². The second kappa shape index (κ2) is 3.89. The van der Waals surface area contributed by atoms with E-state index < -0.39 is 0 Å². The Morgan fingerprint density at radius 2 is 2.36 bits per heavy atom. The lowest BCUT2D eigenvalue weighted by molar-refractivity contribution is 0.474. The van der Waals surface area contributed by atoms with E-state index >= 15 is 0 Å². The third-order valence-corrected chi connectivity index (χ3v) is 1.98. The topological polar surface area (TPSA) is 44.0 Å². The molecule has 0 saturated heterocycles. The monoisotopic (exact) mass is 165 g/mol. The molecule has 0 fully saturated rings. The molecule has 0 atom stereocenters. The van der Waals surface area contributed by atoms with E-state index in [1.54, 1.807) is 18.2 Å². The van der Waals surface area contributed by atoms with Gasteiger partial charge in [0.25, 0.3) is 0 Å². The molecule has 2 nitrogen and oxygen atoms in total. The van der Waals surface area contributed by atoms with Crippen LogP contribution in [0.3, 0.4) is 0 Å². The molecule has 0 bridgehead atoms. The summed E-state index contributed by atoms with van der Waals surface area (Å²) in [6, 6.07) is 8.89. The normalized spacial score (nSPS) is 9.00. The van der Waals surface area contributed by atoms with Crippen molar-refractivity contribution in [1.29, 1.82) is 5.26 Å². The minimum Gasteiger partial charge on any atom is -0.508 e. The van der Waals surface area contributed by atoms with E-state index in [4.69, 9.17) is 10.4 Å². The number of thioether (sulfide) groups is 1. The molecule has 11 heavy (non-hydrogen) atoms. The summed E-state index contributed by atoms with van der Waals surface area (Å²) in [4.78, 5) is 0.923. The molecule has 0 saturated carbocycles. The molecule has 56 valence electrons. The van der Waals surface area contributed by atoms with Crippen molar-refractivity contribution < 1.29 is 5.11 Å². The van der Waals surface area contributed by atoms with Gasteiger partial charge in [-0.3, -0.25) is 0 Å². The zero-order valence-electron chi connectivity index (χ0n) is 5.82. The van der Waals surface area contributed by atoms with E-state index in [0.717, 1.165) is 4.90 Å². The minimum absolute atomic E-state index is 0.243. The van der Waals surface area contributed by atoms with Crippen molar-refractivity contribution in [3.8, 4) is 11.8 Å². The maximum Gasteiger partial charge on any atom is 0.116 e. The zero-order chi connectivity index (χ0) is 8.10. The lowest BCUT2D eigenvalue weighted by Gasteiger charge is -1.95. The molecule has 0 radical (unpaired) electrons. The van der Waals surface area contributed by atoms with Crippen molar-refractivity contribution in [1.82, 2.24) is 0 Å². The number of phenolic OH excluding ortho intramolecular Hbond substituents is 1. The van der Waals surface area contributed by atoms with Crippen molar-refractivity contribution in [2.45, 2.75) is 4.90 Å². The predicted molar refractivity (Wildman–Crippen MR) is 44.4 cm³/mol. The number of nitrogens with zero attached hydrogens (tertiary/aromatic N) is 1. The maximum atomic E-state index is 9.02. The van der Waals surface area contributed by atoms with Crippen molar-refractivity contribution >= 4 is 11.8 Å². The summed E-state index contributed by atoms with van der Waals surface area (Å²) in [7, 11) is 0. The zero-order valence-corrected chi connectivity index (χ0v) is 6.64.